The molecule has 1 fully saturated rings. The van der Waals surface area contributed by atoms with Crippen molar-refractivity contribution in [3.63, 3.8) is 0 Å². The van der Waals surface area contributed by atoms with Gasteiger partial charge in [-0.15, -0.1) is 0 Å². The zero-order valence-corrected chi connectivity index (χ0v) is 9.82. The summed E-state index contributed by atoms with van der Waals surface area (Å²) in [4.78, 5) is 25.5. The number of amides is 1. The summed E-state index contributed by atoms with van der Waals surface area (Å²) in [6, 6.07) is 4.97. The number of piperidine rings is 1. The Hall–Kier alpha value is -1.62. The molecule has 1 aliphatic heterocycles. The van der Waals surface area contributed by atoms with Gasteiger partial charge in [0.05, 0.1) is 0 Å². The Morgan fingerprint density at radius 1 is 1.47 bits per heavy atom. The first-order chi connectivity index (χ1) is 8.16. The Morgan fingerprint density at radius 3 is 3.00 bits per heavy atom. The molecule has 1 saturated heterocycles. The number of hydrogen-bond acceptors (Lipinski definition) is 3. The fourth-order valence-corrected chi connectivity index (χ4v) is 2.07. The first-order valence-electron chi connectivity index (χ1n) is 5.90. The molecule has 2 atom stereocenters. The number of carbonyl (C=O) groups is 1. The van der Waals surface area contributed by atoms with Crippen LogP contribution in [0.2, 0.25) is 0 Å². The van der Waals surface area contributed by atoms with Crippen LogP contribution in [0.25, 0.3) is 0 Å². The number of aromatic nitrogens is 1. The van der Waals surface area contributed by atoms with Crippen molar-refractivity contribution in [2.45, 2.75) is 31.8 Å². The third kappa shape index (κ3) is 2.94. The first kappa shape index (κ1) is 11.9. The molecule has 2 rings (SSSR count). The van der Waals surface area contributed by atoms with Gasteiger partial charge in [-0.2, -0.15) is 0 Å². The van der Waals surface area contributed by atoms with Gasteiger partial charge in [-0.1, -0.05) is 6.07 Å². The molecule has 0 spiro atoms. The monoisotopic (exact) mass is 235 g/mol. The Kier molecular flexibility index (Phi) is 3.58. The minimum absolute atomic E-state index is 0.125. The highest BCUT2D eigenvalue weighted by atomic mass is 16.2. The standard InChI is InChI=1S/C12H17N3O2/c1-8-9(5-3-7-13-8)15-12(17)10-4-2-6-11(16)14-10/h2,4,6,8-9,13H,3,5,7H2,1H3,(H,14,16)(H,15,17). The second-order valence-corrected chi connectivity index (χ2v) is 4.39. The number of carbonyl (C=O) groups excluding carboxylic acids is 1. The molecule has 0 bridgehead atoms. The molecule has 3 N–H and O–H groups in total. The molecule has 1 amide bonds. The summed E-state index contributed by atoms with van der Waals surface area (Å²) >= 11 is 0. The van der Waals surface area contributed by atoms with Gasteiger partial charge in [0.25, 0.3) is 5.91 Å². The minimum Gasteiger partial charge on any atom is -0.346 e. The van der Waals surface area contributed by atoms with Crippen molar-refractivity contribution >= 4 is 5.91 Å². The number of hydrogen-bond donors (Lipinski definition) is 3. The highest BCUT2D eigenvalue weighted by Gasteiger charge is 2.22. The molecule has 92 valence electrons. The molecule has 0 aliphatic carbocycles. The highest BCUT2D eigenvalue weighted by Crippen LogP contribution is 2.08. The van der Waals surface area contributed by atoms with Gasteiger partial charge in [0.1, 0.15) is 5.69 Å². The van der Waals surface area contributed by atoms with Crippen molar-refractivity contribution in [2.75, 3.05) is 6.54 Å². The number of rotatable bonds is 2. The van der Waals surface area contributed by atoms with Gasteiger partial charge in [0, 0.05) is 18.2 Å². The summed E-state index contributed by atoms with van der Waals surface area (Å²) in [6.45, 7) is 3.05. The SMILES string of the molecule is CC1NCCCC1NC(=O)c1cccc(=O)[nH]1. The molecule has 0 aromatic carbocycles. The van der Waals surface area contributed by atoms with E-state index in [1.54, 1.807) is 12.1 Å². The highest BCUT2D eigenvalue weighted by molar-refractivity contribution is 5.92. The molecule has 2 heterocycles. The second kappa shape index (κ2) is 5.14. The number of nitrogens with one attached hydrogen (secondary N) is 3. The quantitative estimate of drug-likeness (QED) is 0.687. The second-order valence-electron chi connectivity index (χ2n) is 4.39. The van der Waals surface area contributed by atoms with Crippen LogP contribution >= 0.6 is 0 Å². The molecular formula is C12H17N3O2. The number of aromatic amines is 1. The third-order valence-electron chi connectivity index (χ3n) is 3.09. The smallest absolute Gasteiger partial charge is 0.268 e. The maximum Gasteiger partial charge on any atom is 0.268 e. The summed E-state index contributed by atoms with van der Waals surface area (Å²) in [7, 11) is 0. The zero-order valence-electron chi connectivity index (χ0n) is 9.82. The van der Waals surface area contributed by atoms with E-state index >= 15 is 0 Å². The Balaban J connectivity index is 2.03. The summed E-state index contributed by atoms with van der Waals surface area (Å²) in [6.07, 6.45) is 2.03. The molecule has 17 heavy (non-hydrogen) atoms. The average molecular weight is 235 g/mol. The topological polar surface area (TPSA) is 74.0 Å². The van der Waals surface area contributed by atoms with Crippen LogP contribution < -0.4 is 16.2 Å². The van der Waals surface area contributed by atoms with Gasteiger partial charge < -0.3 is 15.6 Å². The van der Waals surface area contributed by atoms with E-state index in [9.17, 15) is 9.59 Å². The maximum absolute atomic E-state index is 11.9. The van der Waals surface area contributed by atoms with Crippen LogP contribution in [-0.4, -0.2) is 29.5 Å². The zero-order chi connectivity index (χ0) is 12.3. The van der Waals surface area contributed by atoms with E-state index in [4.69, 9.17) is 0 Å². The van der Waals surface area contributed by atoms with Gasteiger partial charge in [-0.25, -0.2) is 0 Å². The lowest BCUT2D eigenvalue weighted by atomic mass is 10.00. The molecule has 1 aromatic rings. The van der Waals surface area contributed by atoms with Crippen LogP contribution in [0.5, 0.6) is 0 Å². The molecule has 1 aromatic heterocycles. The lowest BCUT2D eigenvalue weighted by Crippen LogP contribution is -2.52. The Labute approximate surface area is 99.6 Å². The molecular weight excluding hydrogens is 218 g/mol. The minimum atomic E-state index is -0.257. The molecule has 0 radical (unpaired) electrons. The van der Waals surface area contributed by atoms with Crippen LogP contribution in [0.4, 0.5) is 0 Å². The largest absolute Gasteiger partial charge is 0.346 e. The van der Waals surface area contributed by atoms with Gasteiger partial charge >= 0.3 is 0 Å². The van der Waals surface area contributed by atoms with Crippen LogP contribution in [0, 0.1) is 0 Å². The summed E-state index contributed by atoms with van der Waals surface area (Å²) in [5.74, 6) is -0.219. The molecule has 5 nitrogen and oxygen atoms in total. The van der Waals surface area contributed by atoms with E-state index in [1.165, 1.54) is 6.07 Å². The summed E-state index contributed by atoms with van der Waals surface area (Å²) < 4.78 is 0. The predicted octanol–water partition coefficient (Wildman–Crippen LogP) is 0.245. The summed E-state index contributed by atoms with van der Waals surface area (Å²) in [5.41, 5.74) is 0.0581. The van der Waals surface area contributed by atoms with Crippen molar-refractivity contribution in [2.24, 2.45) is 0 Å². The van der Waals surface area contributed by atoms with Crippen molar-refractivity contribution in [1.29, 1.82) is 0 Å². The number of pyridine rings is 1. The Morgan fingerprint density at radius 2 is 2.29 bits per heavy atom. The van der Waals surface area contributed by atoms with Crippen LogP contribution in [0.1, 0.15) is 30.3 Å². The van der Waals surface area contributed by atoms with E-state index in [2.05, 4.69) is 22.5 Å². The maximum atomic E-state index is 11.9. The average Bonchev–Trinajstić information content (AvgIpc) is 2.32. The van der Waals surface area contributed by atoms with Crippen molar-refractivity contribution in [3.05, 3.63) is 34.2 Å². The van der Waals surface area contributed by atoms with Crippen LogP contribution in [0.3, 0.4) is 0 Å². The normalized spacial score (nSPS) is 24.3. The molecule has 1 aliphatic rings. The van der Waals surface area contributed by atoms with Crippen molar-refractivity contribution in [1.82, 2.24) is 15.6 Å². The van der Waals surface area contributed by atoms with E-state index in [0.29, 0.717) is 5.69 Å². The van der Waals surface area contributed by atoms with E-state index in [1.807, 2.05) is 0 Å². The lowest BCUT2D eigenvalue weighted by Gasteiger charge is -2.30. The van der Waals surface area contributed by atoms with E-state index < -0.39 is 0 Å². The van der Waals surface area contributed by atoms with Crippen molar-refractivity contribution < 1.29 is 4.79 Å². The first-order valence-corrected chi connectivity index (χ1v) is 5.90. The summed E-state index contributed by atoms with van der Waals surface area (Å²) in [5, 5.41) is 6.25. The number of H-pyrrole nitrogens is 1. The van der Waals surface area contributed by atoms with E-state index in [0.717, 1.165) is 19.4 Å². The fourth-order valence-electron chi connectivity index (χ4n) is 2.07. The lowest BCUT2D eigenvalue weighted by molar-refractivity contribution is 0.0914. The molecule has 5 heteroatoms. The van der Waals surface area contributed by atoms with Crippen LogP contribution in [-0.2, 0) is 0 Å². The van der Waals surface area contributed by atoms with Crippen LogP contribution in [0.15, 0.2) is 23.0 Å². The van der Waals surface area contributed by atoms with Gasteiger partial charge in [0.2, 0.25) is 5.56 Å². The predicted molar refractivity (Wildman–Crippen MR) is 65.0 cm³/mol. The molecule has 2 unspecified atom stereocenters. The van der Waals surface area contributed by atoms with E-state index in [-0.39, 0.29) is 23.6 Å². The third-order valence-corrected chi connectivity index (χ3v) is 3.09. The Bertz CT molecular complexity index is 455. The van der Waals surface area contributed by atoms with Gasteiger partial charge in [-0.3, -0.25) is 9.59 Å². The van der Waals surface area contributed by atoms with Gasteiger partial charge in [-0.05, 0) is 32.4 Å². The van der Waals surface area contributed by atoms with Crippen molar-refractivity contribution in [3.8, 4) is 0 Å². The molecule has 0 saturated carbocycles. The fraction of sp³-hybridized carbons (Fsp3) is 0.500. The van der Waals surface area contributed by atoms with Gasteiger partial charge in [0.15, 0.2) is 0 Å².